The lowest BCUT2D eigenvalue weighted by Crippen LogP contribution is -2.49. The molecule has 3 rings (SSSR count). The summed E-state index contributed by atoms with van der Waals surface area (Å²) < 4.78 is 29.9. The van der Waals surface area contributed by atoms with Gasteiger partial charge in [0.15, 0.2) is 5.78 Å². The lowest BCUT2D eigenvalue weighted by atomic mass is 10.1. The summed E-state index contributed by atoms with van der Waals surface area (Å²) in [5.41, 5.74) is 4.57. The normalized spacial score (nSPS) is 16.6. The Bertz CT molecular complexity index is 1090. The Morgan fingerprint density at radius 1 is 0.968 bits per heavy atom. The highest BCUT2D eigenvalue weighted by molar-refractivity contribution is 7.89. The molecule has 0 spiro atoms. The molecule has 1 aromatic heterocycles. The van der Waals surface area contributed by atoms with E-state index in [0.717, 1.165) is 28.1 Å². The largest absolute Gasteiger partial charge is 0.343 e. The van der Waals surface area contributed by atoms with Crippen molar-refractivity contribution in [3.63, 3.8) is 0 Å². The highest BCUT2D eigenvalue weighted by Crippen LogP contribution is 2.26. The zero-order valence-corrected chi connectivity index (χ0v) is 20.6. The highest BCUT2D eigenvalue weighted by Gasteiger charge is 2.31. The van der Waals surface area contributed by atoms with Gasteiger partial charge in [-0.2, -0.15) is 4.31 Å². The van der Waals surface area contributed by atoms with Crippen molar-refractivity contribution in [3.8, 4) is 0 Å². The smallest absolute Gasteiger partial charge is 0.243 e. The van der Waals surface area contributed by atoms with E-state index in [4.69, 9.17) is 0 Å². The summed E-state index contributed by atoms with van der Waals surface area (Å²) in [4.78, 5) is 15.4. The van der Waals surface area contributed by atoms with Gasteiger partial charge in [-0.3, -0.25) is 9.69 Å². The third-order valence-corrected chi connectivity index (χ3v) is 8.11. The quantitative estimate of drug-likeness (QED) is 0.659. The maximum absolute atomic E-state index is 13.1. The molecule has 0 saturated carbocycles. The fourth-order valence-electron chi connectivity index (χ4n) is 4.72. The van der Waals surface area contributed by atoms with E-state index in [-0.39, 0.29) is 11.3 Å². The molecule has 6 nitrogen and oxygen atoms in total. The number of aromatic nitrogens is 1. The fraction of sp³-hybridized carbons (Fsp3) is 0.542. The molecule has 0 atom stereocenters. The number of carbonyl (C=O) groups is 1. The molecule has 31 heavy (non-hydrogen) atoms. The van der Waals surface area contributed by atoms with Crippen molar-refractivity contribution in [1.82, 2.24) is 13.8 Å². The van der Waals surface area contributed by atoms with Crippen LogP contribution >= 0.6 is 0 Å². The van der Waals surface area contributed by atoms with Gasteiger partial charge in [0.1, 0.15) is 0 Å². The summed E-state index contributed by atoms with van der Waals surface area (Å²) in [5.74, 6) is 0.0919. The molecular formula is C24H35N3O3S. The predicted molar refractivity (Wildman–Crippen MR) is 124 cm³/mol. The Balaban J connectivity index is 1.67. The summed E-state index contributed by atoms with van der Waals surface area (Å²) in [6, 6.07) is 7.41. The number of ketones is 1. The fourth-order valence-corrected chi connectivity index (χ4v) is 6.35. The molecule has 170 valence electrons. The van der Waals surface area contributed by atoms with Crippen LogP contribution in [0.3, 0.4) is 0 Å². The first-order valence-corrected chi connectivity index (χ1v) is 12.3. The number of sulfonamides is 1. The average molecular weight is 446 g/mol. The molecule has 1 aromatic carbocycles. The van der Waals surface area contributed by atoms with Crippen LogP contribution in [0.1, 0.15) is 53.6 Å². The van der Waals surface area contributed by atoms with E-state index in [2.05, 4.69) is 30.2 Å². The first-order chi connectivity index (χ1) is 14.3. The van der Waals surface area contributed by atoms with Gasteiger partial charge >= 0.3 is 0 Å². The van der Waals surface area contributed by atoms with E-state index in [9.17, 15) is 13.2 Å². The predicted octanol–water partition coefficient (Wildman–Crippen LogP) is 3.67. The van der Waals surface area contributed by atoms with Gasteiger partial charge in [0.2, 0.25) is 10.0 Å². The van der Waals surface area contributed by atoms with E-state index in [1.165, 1.54) is 4.31 Å². The van der Waals surface area contributed by atoms with Crippen molar-refractivity contribution < 1.29 is 13.2 Å². The number of nitrogens with zero attached hydrogens (tertiary/aromatic N) is 3. The van der Waals surface area contributed by atoms with E-state index in [1.807, 2.05) is 45.9 Å². The minimum Gasteiger partial charge on any atom is -0.343 e. The van der Waals surface area contributed by atoms with Crippen molar-refractivity contribution in [2.75, 3.05) is 32.7 Å². The Hall–Kier alpha value is -1.96. The van der Waals surface area contributed by atoms with Crippen LogP contribution in [0.2, 0.25) is 0 Å². The molecule has 1 saturated heterocycles. The van der Waals surface area contributed by atoms with Crippen LogP contribution in [0, 0.1) is 27.7 Å². The molecule has 1 aliphatic rings. The second-order valence-corrected chi connectivity index (χ2v) is 11.6. The van der Waals surface area contributed by atoms with Gasteiger partial charge in [-0.15, -0.1) is 0 Å². The molecule has 0 amide bonds. The Morgan fingerprint density at radius 3 is 2.10 bits per heavy atom. The summed E-state index contributed by atoms with van der Waals surface area (Å²) >= 11 is 0. The summed E-state index contributed by atoms with van der Waals surface area (Å²) in [7, 11) is -3.52. The number of rotatable bonds is 5. The van der Waals surface area contributed by atoms with Crippen molar-refractivity contribution in [3.05, 3.63) is 52.3 Å². The molecule has 7 heteroatoms. The molecule has 0 unspecified atom stereocenters. The molecule has 0 aliphatic carbocycles. The van der Waals surface area contributed by atoms with Crippen LogP contribution in [0.4, 0.5) is 0 Å². The average Bonchev–Trinajstić information content (AvgIpc) is 2.96. The highest BCUT2D eigenvalue weighted by atomic mass is 32.2. The minimum absolute atomic E-state index is 0.0825. The topological polar surface area (TPSA) is 62.6 Å². The van der Waals surface area contributed by atoms with E-state index in [0.29, 0.717) is 37.6 Å². The Kier molecular flexibility index (Phi) is 6.52. The lowest BCUT2D eigenvalue weighted by Gasteiger charge is -2.33. The molecule has 2 heterocycles. The zero-order chi connectivity index (χ0) is 23.1. The number of aryl methyl sites for hydroxylation is 3. The summed E-state index contributed by atoms with van der Waals surface area (Å²) in [6.07, 6.45) is 0. The van der Waals surface area contributed by atoms with Crippen molar-refractivity contribution in [1.29, 1.82) is 0 Å². The van der Waals surface area contributed by atoms with Gasteiger partial charge in [-0.1, -0.05) is 17.7 Å². The van der Waals surface area contributed by atoms with E-state index >= 15 is 0 Å². The van der Waals surface area contributed by atoms with Gasteiger partial charge in [0.05, 0.1) is 11.4 Å². The van der Waals surface area contributed by atoms with Crippen LogP contribution in [-0.2, 0) is 15.6 Å². The van der Waals surface area contributed by atoms with Gasteiger partial charge < -0.3 is 4.57 Å². The first-order valence-electron chi connectivity index (χ1n) is 10.8. The van der Waals surface area contributed by atoms with Gasteiger partial charge in [-0.25, -0.2) is 8.42 Å². The molecular weight excluding hydrogens is 410 g/mol. The standard InChI is InChI=1S/C24H35N3O3S/c1-17-8-9-23(18(2)14-17)31(29,30)26-12-10-25(11-13-26)16-22(28)21-15-19(3)27(20(21)4)24(5,6)7/h8-9,14-15H,10-13,16H2,1-7H3. The second-order valence-electron chi connectivity index (χ2n) is 9.66. The van der Waals surface area contributed by atoms with E-state index < -0.39 is 10.0 Å². The number of benzene rings is 1. The molecule has 0 bridgehead atoms. The second kappa shape index (κ2) is 8.52. The maximum atomic E-state index is 13.1. The number of Topliss-reactive ketones (excluding diaryl/α,β-unsaturated/α-hetero) is 1. The summed E-state index contributed by atoms with van der Waals surface area (Å²) in [6.45, 7) is 16.4. The van der Waals surface area contributed by atoms with Crippen molar-refractivity contribution >= 4 is 15.8 Å². The molecule has 2 aromatic rings. The van der Waals surface area contributed by atoms with Crippen molar-refractivity contribution in [2.45, 2.75) is 58.9 Å². The van der Waals surface area contributed by atoms with Crippen LogP contribution in [0.15, 0.2) is 29.2 Å². The molecule has 0 radical (unpaired) electrons. The molecule has 0 N–H and O–H groups in total. The van der Waals surface area contributed by atoms with Gasteiger partial charge in [0, 0.05) is 48.7 Å². The van der Waals surface area contributed by atoms with Gasteiger partial charge in [-0.05, 0) is 66.2 Å². The maximum Gasteiger partial charge on any atom is 0.243 e. The first kappa shape index (κ1) is 23.7. The van der Waals surface area contributed by atoms with E-state index in [1.54, 1.807) is 6.07 Å². The zero-order valence-electron chi connectivity index (χ0n) is 19.8. The molecule has 1 fully saturated rings. The van der Waals surface area contributed by atoms with Gasteiger partial charge in [0.25, 0.3) is 0 Å². The molecule has 1 aliphatic heterocycles. The van der Waals surface area contributed by atoms with Crippen LogP contribution < -0.4 is 0 Å². The minimum atomic E-state index is -3.52. The van der Waals surface area contributed by atoms with Crippen LogP contribution in [0.5, 0.6) is 0 Å². The Labute approximate surface area is 186 Å². The van der Waals surface area contributed by atoms with Crippen LogP contribution in [0.25, 0.3) is 0 Å². The monoisotopic (exact) mass is 445 g/mol. The third-order valence-electron chi connectivity index (χ3n) is 6.05. The van der Waals surface area contributed by atoms with Crippen LogP contribution in [-0.4, -0.2) is 60.7 Å². The number of hydrogen-bond donors (Lipinski definition) is 0. The Morgan fingerprint density at radius 2 is 1.58 bits per heavy atom. The number of carbonyl (C=O) groups excluding carboxylic acids is 1. The third kappa shape index (κ3) is 4.78. The number of piperazine rings is 1. The number of hydrogen-bond acceptors (Lipinski definition) is 4. The SMILES string of the molecule is Cc1ccc(S(=O)(=O)N2CCN(CC(=O)c3cc(C)n(C(C)(C)C)c3C)CC2)c(C)c1. The lowest BCUT2D eigenvalue weighted by molar-refractivity contribution is 0.0901. The van der Waals surface area contributed by atoms with Crippen molar-refractivity contribution in [2.24, 2.45) is 0 Å². The summed E-state index contributed by atoms with van der Waals surface area (Å²) in [5, 5.41) is 0.